The molecule has 0 radical (unpaired) electrons. The minimum absolute atomic E-state index is 0.392. The van der Waals surface area contributed by atoms with Crippen LogP contribution in [0.4, 0.5) is 5.69 Å². The van der Waals surface area contributed by atoms with E-state index in [1.165, 1.54) is 6.26 Å². The van der Waals surface area contributed by atoms with Crippen LogP contribution < -0.4 is 10.2 Å². The molecular weight excluding hydrogens is 260 g/mol. The summed E-state index contributed by atoms with van der Waals surface area (Å²) in [6, 6.07) is 7.72. The number of rotatable bonds is 5. The fourth-order valence-corrected chi connectivity index (χ4v) is 3.55. The van der Waals surface area contributed by atoms with Gasteiger partial charge in [0.1, 0.15) is 0 Å². The van der Waals surface area contributed by atoms with Crippen molar-refractivity contribution in [3.05, 3.63) is 24.3 Å². The van der Waals surface area contributed by atoms with E-state index in [1.807, 2.05) is 12.1 Å². The number of anilines is 1. The van der Waals surface area contributed by atoms with Crippen LogP contribution in [0.15, 0.2) is 29.2 Å². The number of sulfone groups is 1. The van der Waals surface area contributed by atoms with Gasteiger partial charge in [0.15, 0.2) is 9.84 Å². The summed E-state index contributed by atoms with van der Waals surface area (Å²) >= 11 is 0. The van der Waals surface area contributed by atoms with Crippen LogP contribution in [0.5, 0.6) is 0 Å². The quantitative estimate of drug-likeness (QED) is 0.892. The maximum Gasteiger partial charge on any atom is 0.177 e. The van der Waals surface area contributed by atoms with Crippen LogP contribution in [-0.4, -0.2) is 40.3 Å². The molecule has 0 spiro atoms. The fourth-order valence-electron chi connectivity index (χ4n) is 2.65. The first-order valence-electron chi connectivity index (χ1n) is 6.80. The zero-order valence-corrected chi connectivity index (χ0v) is 12.4. The molecule has 1 aromatic carbocycles. The third kappa shape index (κ3) is 3.28. The molecule has 1 unspecified atom stereocenters. The lowest BCUT2D eigenvalue weighted by Gasteiger charge is -2.31. The number of para-hydroxylation sites is 1. The molecule has 0 amide bonds. The average Bonchev–Trinajstić information content (AvgIpc) is 2.88. The SMILES string of the molecule is CCCN(c1ccccc1S(C)(=O)=O)C1CCNC1. The van der Waals surface area contributed by atoms with Crippen LogP contribution in [-0.2, 0) is 9.84 Å². The van der Waals surface area contributed by atoms with E-state index in [0.717, 1.165) is 38.2 Å². The lowest BCUT2D eigenvalue weighted by atomic mass is 10.1. The zero-order chi connectivity index (χ0) is 13.9. The van der Waals surface area contributed by atoms with Crippen LogP contribution in [0.3, 0.4) is 0 Å². The summed E-state index contributed by atoms with van der Waals surface area (Å²) in [5, 5.41) is 3.35. The van der Waals surface area contributed by atoms with Crippen LogP contribution in [0, 0.1) is 0 Å². The molecule has 1 atom stereocenters. The molecule has 106 valence electrons. The zero-order valence-electron chi connectivity index (χ0n) is 11.6. The molecule has 1 fully saturated rings. The Morgan fingerprint density at radius 1 is 1.37 bits per heavy atom. The van der Waals surface area contributed by atoms with Crippen molar-refractivity contribution in [2.24, 2.45) is 0 Å². The molecule has 0 saturated carbocycles. The number of nitrogens with one attached hydrogen (secondary N) is 1. The Morgan fingerprint density at radius 2 is 2.11 bits per heavy atom. The van der Waals surface area contributed by atoms with Gasteiger partial charge in [-0.25, -0.2) is 8.42 Å². The standard InChI is InChI=1S/C14H22N2O2S/c1-3-10-16(12-8-9-15-11-12)13-6-4-5-7-14(13)19(2,17)18/h4-7,12,15H,3,8-11H2,1-2H3. The molecule has 19 heavy (non-hydrogen) atoms. The van der Waals surface area contributed by atoms with Crippen molar-refractivity contribution in [2.45, 2.75) is 30.7 Å². The van der Waals surface area contributed by atoms with Crippen molar-refractivity contribution in [2.75, 3.05) is 30.8 Å². The number of hydrogen-bond acceptors (Lipinski definition) is 4. The molecule has 1 aromatic rings. The Balaban J connectivity index is 2.41. The highest BCUT2D eigenvalue weighted by molar-refractivity contribution is 7.90. The number of hydrogen-bond donors (Lipinski definition) is 1. The van der Waals surface area contributed by atoms with Crippen LogP contribution in [0.2, 0.25) is 0 Å². The second kappa shape index (κ2) is 5.92. The summed E-state index contributed by atoms with van der Waals surface area (Å²) in [5.74, 6) is 0. The van der Waals surface area contributed by atoms with E-state index in [0.29, 0.717) is 10.9 Å². The Labute approximate surface area is 115 Å². The highest BCUT2D eigenvalue weighted by Crippen LogP contribution is 2.28. The Hall–Kier alpha value is -1.07. The van der Waals surface area contributed by atoms with Crippen molar-refractivity contribution >= 4 is 15.5 Å². The summed E-state index contributed by atoms with van der Waals surface area (Å²) in [7, 11) is -3.19. The summed E-state index contributed by atoms with van der Waals surface area (Å²) in [4.78, 5) is 2.69. The first-order chi connectivity index (χ1) is 9.04. The van der Waals surface area contributed by atoms with Gasteiger partial charge < -0.3 is 10.2 Å². The van der Waals surface area contributed by atoms with Crippen LogP contribution >= 0.6 is 0 Å². The molecule has 0 aliphatic carbocycles. The largest absolute Gasteiger partial charge is 0.366 e. The van der Waals surface area contributed by atoms with Crippen molar-refractivity contribution in [3.8, 4) is 0 Å². The highest BCUT2D eigenvalue weighted by Gasteiger charge is 2.25. The maximum atomic E-state index is 11.9. The maximum absolute atomic E-state index is 11.9. The molecule has 1 saturated heterocycles. The second-order valence-corrected chi connectivity index (χ2v) is 7.06. The second-order valence-electron chi connectivity index (χ2n) is 5.08. The Morgan fingerprint density at radius 3 is 2.68 bits per heavy atom. The molecule has 0 bridgehead atoms. The van der Waals surface area contributed by atoms with Gasteiger partial charge in [-0.3, -0.25) is 0 Å². The average molecular weight is 282 g/mol. The van der Waals surface area contributed by atoms with Crippen molar-refractivity contribution < 1.29 is 8.42 Å². The van der Waals surface area contributed by atoms with Crippen LogP contribution in [0.1, 0.15) is 19.8 Å². The molecule has 5 heteroatoms. The third-order valence-electron chi connectivity index (χ3n) is 3.51. The first-order valence-corrected chi connectivity index (χ1v) is 8.69. The van der Waals surface area contributed by atoms with Gasteiger partial charge in [-0.05, 0) is 31.5 Å². The lowest BCUT2D eigenvalue weighted by Crippen LogP contribution is -2.38. The van der Waals surface area contributed by atoms with Crippen LogP contribution in [0.25, 0.3) is 0 Å². The van der Waals surface area contributed by atoms with Gasteiger partial charge in [-0.15, -0.1) is 0 Å². The molecule has 2 rings (SSSR count). The molecule has 1 aliphatic heterocycles. The summed E-state index contributed by atoms with van der Waals surface area (Å²) < 4.78 is 23.9. The van der Waals surface area contributed by atoms with E-state index in [-0.39, 0.29) is 0 Å². The molecule has 4 nitrogen and oxygen atoms in total. The van der Waals surface area contributed by atoms with E-state index < -0.39 is 9.84 Å². The predicted molar refractivity (Wildman–Crippen MR) is 78.5 cm³/mol. The van der Waals surface area contributed by atoms with Gasteiger partial charge >= 0.3 is 0 Å². The van der Waals surface area contributed by atoms with Crippen molar-refractivity contribution in [3.63, 3.8) is 0 Å². The third-order valence-corrected chi connectivity index (χ3v) is 4.66. The predicted octanol–water partition coefficient (Wildman–Crippen LogP) is 1.67. The van der Waals surface area contributed by atoms with Gasteiger partial charge in [0.2, 0.25) is 0 Å². The monoisotopic (exact) mass is 282 g/mol. The fraction of sp³-hybridized carbons (Fsp3) is 0.571. The van der Waals surface area contributed by atoms with E-state index in [2.05, 4.69) is 17.1 Å². The summed E-state index contributed by atoms with van der Waals surface area (Å²) in [5.41, 5.74) is 0.848. The van der Waals surface area contributed by atoms with Crippen molar-refractivity contribution in [1.29, 1.82) is 0 Å². The normalized spacial score (nSPS) is 19.6. The van der Waals surface area contributed by atoms with Gasteiger partial charge in [-0.1, -0.05) is 19.1 Å². The summed E-state index contributed by atoms with van der Waals surface area (Å²) in [6.45, 7) is 4.95. The summed E-state index contributed by atoms with van der Waals surface area (Å²) in [6.07, 6.45) is 3.36. The van der Waals surface area contributed by atoms with E-state index in [4.69, 9.17) is 0 Å². The molecular formula is C14H22N2O2S. The minimum atomic E-state index is -3.19. The van der Waals surface area contributed by atoms with Crippen molar-refractivity contribution in [1.82, 2.24) is 5.32 Å². The lowest BCUT2D eigenvalue weighted by molar-refractivity contribution is 0.595. The van der Waals surface area contributed by atoms with E-state index >= 15 is 0 Å². The smallest absolute Gasteiger partial charge is 0.177 e. The van der Waals surface area contributed by atoms with E-state index in [9.17, 15) is 8.42 Å². The molecule has 1 aliphatic rings. The van der Waals surface area contributed by atoms with Gasteiger partial charge in [0.25, 0.3) is 0 Å². The molecule has 1 N–H and O–H groups in total. The minimum Gasteiger partial charge on any atom is -0.366 e. The molecule has 0 aromatic heterocycles. The Bertz CT molecular complexity index is 522. The van der Waals surface area contributed by atoms with Gasteiger partial charge in [0.05, 0.1) is 10.6 Å². The number of nitrogens with zero attached hydrogens (tertiary/aromatic N) is 1. The Kier molecular flexibility index (Phi) is 4.47. The van der Waals surface area contributed by atoms with Gasteiger partial charge in [-0.2, -0.15) is 0 Å². The highest BCUT2D eigenvalue weighted by atomic mass is 32.2. The number of benzene rings is 1. The topological polar surface area (TPSA) is 49.4 Å². The van der Waals surface area contributed by atoms with E-state index in [1.54, 1.807) is 12.1 Å². The first kappa shape index (κ1) is 14.3. The van der Waals surface area contributed by atoms with Gasteiger partial charge in [0, 0.05) is 25.4 Å². The molecule has 1 heterocycles.